The van der Waals surface area contributed by atoms with E-state index in [1.807, 2.05) is 0 Å². The molecule has 0 aliphatic heterocycles. The van der Waals surface area contributed by atoms with E-state index in [2.05, 4.69) is 52.0 Å². The molecule has 3 nitrogen and oxygen atoms in total. The first kappa shape index (κ1) is 13.7. The Hall–Kier alpha value is -0.280. The topological polar surface area (TPSA) is 41.1 Å². The third-order valence-electron chi connectivity index (χ3n) is 1.42. The minimum atomic E-state index is 0.00667. The van der Waals surface area contributed by atoms with E-state index in [1.54, 1.807) is 0 Å². The van der Waals surface area contributed by atoms with Gasteiger partial charge in [-0.05, 0) is 6.92 Å². The van der Waals surface area contributed by atoms with Crippen LogP contribution in [0.25, 0.3) is 0 Å². The molecule has 0 aromatic heterocycles. The molecule has 4 heteroatoms. The Morgan fingerprint density at radius 1 is 1.36 bits per heavy atom. The van der Waals surface area contributed by atoms with Crippen molar-refractivity contribution < 1.29 is 4.79 Å². The van der Waals surface area contributed by atoms with Crippen LogP contribution in [0.3, 0.4) is 0 Å². The Kier molecular flexibility index (Phi) is 9.10. The molecule has 0 aromatic rings. The lowest BCUT2D eigenvalue weighted by molar-refractivity contribution is -0.118. The van der Waals surface area contributed by atoms with Crippen LogP contribution in [0.15, 0.2) is 0 Å². The largest absolute Gasteiger partial charge is 0.355 e. The van der Waals surface area contributed by atoms with Gasteiger partial charge in [-0.2, -0.15) is 0 Å². The van der Waals surface area contributed by atoms with Crippen molar-refractivity contribution in [2.45, 2.75) is 30.7 Å². The molecule has 0 aliphatic rings. The van der Waals surface area contributed by atoms with Crippen LogP contribution in [0.5, 0.6) is 0 Å². The lowest BCUT2D eigenvalue weighted by Crippen LogP contribution is -2.21. The number of hydrogen-bond acceptors (Lipinski definition) is 2. The molecular weight excluding hydrogens is 291 g/mol. The third kappa shape index (κ3) is 11.7. The highest BCUT2D eigenvalue weighted by Gasteiger charge is 1.89. The van der Waals surface area contributed by atoms with Crippen molar-refractivity contribution in [3.63, 3.8) is 0 Å². The molecule has 0 rings (SSSR count). The summed E-state index contributed by atoms with van der Waals surface area (Å²) in [5, 5.41) is 5.97. The first-order valence-corrected chi connectivity index (χ1v) is 5.95. The average molecular weight is 308 g/mol. The van der Waals surface area contributed by atoms with Gasteiger partial charge in [-0.15, -0.1) is 11.8 Å². The fourth-order valence-electron chi connectivity index (χ4n) is 0.811. The molecule has 1 atom stereocenters. The molecule has 2 N–H and O–H groups in total. The van der Waals surface area contributed by atoms with Gasteiger partial charge in [0.05, 0.1) is 4.05 Å². The fraction of sp³-hybridized carbons (Fsp3) is 0.700. The molecule has 14 heavy (non-hydrogen) atoms. The maximum Gasteiger partial charge on any atom is 0.216 e. The van der Waals surface area contributed by atoms with E-state index in [9.17, 15) is 4.79 Å². The number of nitrogens with one attached hydrogen (secondary N) is 2. The molecule has 0 fully saturated rings. The summed E-state index contributed by atoms with van der Waals surface area (Å²) in [5.74, 6) is 6.06. The number of hydrogen-bond donors (Lipinski definition) is 2. The third-order valence-corrected chi connectivity index (χ3v) is 1.86. The highest BCUT2D eigenvalue weighted by Crippen LogP contribution is 1.91. The van der Waals surface area contributed by atoms with Crippen molar-refractivity contribution in [1.29, 1.82) is 0 Å². The quantitative estimate of drug-likeness (QED) is 0.264. The maximum absolute atomic E-state index is 10.5. The predicted molar refractivity (Wildman–Crippen MR) is 67.2 cm³/mol. The van der Waals surface area contributed by atoms with Crippen LogP contribution in [-0.2, 0) is 4.79 Å². The van der Waals surface area contributed by atoms with E-state index < -0.39 is 0 Å². The summed E-state index contributed by atoms with van der Waals surface area (Å²) < 4.78 is 0.494. The Balaban J connectivity index is 3.23. The Morgan fingerprint density at radius 3 is 2.43 bits per heavy atom. The molecule has 0 radical (unpaired) electrons. The predicted octanol–water partition coefficient (Wildman–Crippen LogP) is 1.28. The van der Waals surface area contributed by atoms with E-state index in [-0.39, 0.29) is 5.91 Å². The first-order valence-electron chi connectivity index (χ1n) is 4.70. The van der Waals surface area contributed by atoms with Crippen molar-refractivity contribution >= 4 is 28.5 Å². The van der Waals surface area contributed by atoms with E-state index in [0.717, 1.165) is 19.4 Å². The van der Waals surface area contributed by atoms with Crippen LogP contribution in [0.1, 0.15) is 26.7 Å². The molecule has 0 heterocycles. The molecule has 0 aliphatic carbocycles. The second-order valence-electron chi connectivity index (χ2n) is 2.91. The van der Waals surface area contributed by atoms with Crippen LogP contribution < -0.4 is 10.6 Å². The molecule has 1 unspecified atom stereocenters. The van der Waals surface area contributed by atoms with Gasteiger partial charge in [-0.3, -0.25) is 4.79 Å². The van der Waals surface area contributed by atoms with Crippen LogP contribution >= 0.6 is 22.6 Å². The smallest absolute Gasteiger partial charge is 0.216 e. The minimum Gasteiger partial charge on any atom is -0.355 e. The molecule has 1 amide bonds. The molecule has 0 bridgehead atoms. The van der Waals surface area contributed by atoms with Gasteiger partial charge >= 0.3 is 0 Å². The first-order chi connectivity index (χ1) is 6.63. The Bertz CT molecular complexity index is 218. The fourth-order valence-corrected chi connectivity index (χ4v) is 1.12. The van der Waals surface area contributed by atoms with Gasteiger partial charge in [-0.25, -0.2) is 0 Å². The molecule has 80 valence electrons. The zero-order valence-corrected chi connectivity index (χ0v) is 10.8. The molecule has 0 aromatic carbocycles. The van der Waals surface area contributed by atoms with E-state index in [4.69, 9.17) is 0 Å². The zero-order valence-electron chi connectivity index (χ0n) is 8.69. The van der Waals surface area contributed by atoms with Crippen LogP contribution in [0.4, 0.5) is 0 Å². The number of amides is 1. The van der Waals surface area contributed by atoms with E-state index in [0.29, 0.717) is 10.6 Å². The monoisotopic (exact) mass is 308 g/mol. The van der Waals surface area contributed by atoms with Crippen molar-refractivity contribution in [2.75, 3.05) is 13.1 Å². The normalized spacial score (nSPS) is 11.4. The maximum atomic E-state index is 10.5. The zero-order chi connectivity index (χ0) is 10.8. The highest BCUT2D eigenvalue weighted by molar-refractivity contribution is 14.1. The van der Waals surface area contributed by atoms with Gasteiger partial charge in [0, 0.05) is 32.9 Å². The SMILES string of the molecule is CC(=O)NCCC#CCCNC(C)I. The summed E-state index contributed by atoms with van der Waals surface area (Å²) in [6, 6.07) is 0. The van der Waals surface area contributed by atoms with Crippen molar-refractivity contribution in [2.24, 2.45) is 0 Å². The lowest BCUT2D eigenvalue weighted by Gasteiger charge is -2.02. The molecular formula is C10H17IN2O. The summed E-state index contributed by atoms with van der Waals surface area (Å²) >= 11 is 2.32. The number of carbonyl (C=O) groups is 1. The van der Waals surface area contributed by atoms with Crippen LogP contribution in [0, 0.1) is 11.8 Å². The van der Waals surface area contributed by atoms with Crippen LogP contribution in [0.2, 0.25) is 0 Å². The van der Waals surface area contributed by atoms with E-state index in [1.165, 1.54) is 6.92 Å². The van der Waals surface area contributed by atoms with Crippen LogP contribution in [-0.4, -0.2) is 23.0 Å². The summed E-state index contributed by atoms with van der Waals surface area (Å²) in [5.41, 5.74) is 0. The number of halogens is 1. The van der Waals surface area contributed by atoms with Gasteiger partial charge < -0.3 is 10.6 Å². The van der Waals surface area contributed by atoms with Gasteiger partial charge in [0.25, 0.3) is 0 Å². The van der Waals surface area contributed by atoms with Gasteiger partial charge in [0.1, 0.15) is 0 Å². The summed E-state index contributed by atoms with van der Waals surface area (Å²) in [4.78, 5) is 10.5. The molecule has 0 saturated heterocycles. The second kappa shape index (κ2) is 9.28. The van der Waals surface area contributed by atoms with Gasteiger partial charge in [-0.1, -0.05) is 22.6 Å². The minimum absolute atomic E-state index is 0.00667. The number of carbonyl (C=O) groups excluding carboxylic acids is 1. The summed E-state index contributed by atoms with van der Waals surface area (Å²) in [6.07, 6.45) is 1.60. The van der Waals surface area contributed by atoms with Crippen molar-refractivity contribution in [1.82, 2.24) is 10.6 Å². The standard InChI is InChI=1S/C10H17IN2O/c1-9(11)12-7-5-3-4-6-8-13-10(2)14/h9,12H,5-8H2,1-2H3,(H,13,14). The number of alkyl halides is 1. The second-order valence-corrected chi connectivity index (χ2v) is 4.78. The van der Waals surface area contributed by atoms with Crippen molar-refractivity contribution in [3.8, 4) is 11.8 Å². The molecule has 0 saturated carbocycles. The Labute approximate surface area is 99.5 Å². The summed E-state index contributed by atoms with van der Waals surface area (Å²) in [6.45, 7) is 5.19. The van der Waals surface area contributed by atoms with Crippen molar-refractivity contribution in [3.05, 3.63) is 0 Å². The number of rotatable bonds is 5. The lowest BCUT2D eigenvalue weighted by atomic mass is 10.3. The average Bonchev–Trinajstić information content (AvgIpc) is 2.08. The molecule has 0 spiro atoms. The van der Waals surface area contributed by atoms with E-state index >= 15 is 0 Å². The van der Waals surface area contributed by atoms with Gasteiger partial charge in [0.2, 0.25) is 5.91 Å². The highest BCUT2D eigenvalue weighted by atomic mass is 127. The summed E-state index contributed by atoms with van der Waals surface area (Å²) in [7, 11) is 0. The van der Waals surface area contributed by atoms with Gasteiger partial charge in [0.15, 0.2) is 0 Å². The Morgan fingerprint density at radius 2 is 1.93 bits per heavy atom.